The van der Waals surface area contributed by atoms with Crippen LogP contribution in [0.5, 0.6) is 0 Å². The molecular formula is C14H17N5O2. The molecule has 7 nitrogen and oxygen atoms in total. The quantitative estimate of drug-likeness (QED) is 0.897. The third-order valence-electron chi connectivity index (χ3n) is 3.39. The average molecular weight is 287 g/mol. The molecule has 7 heteroatoms. The molecule has 3 rings (SSSR count). The summed E-state index contributed by atoms with van der Waals surface area (Å²) in [7, 11) is 0. The molecule has 1 unspecified atom stereocenters. The summed E-state index contributed by atoms with van der Waals surface area (Å²) in [6.07, 6.45) is 3.84. The van der Waals surface area contributed by atoms with Gasteiger partial charge in [0.25, 0.3) is 0 Å². The first kappa shape index (κ1) is 13.5. The Morgan fingerprint density at radius 1 is 1.38 bits per heavy atom. The van der Waals surface area contributed by atoms with Gasteiger partial charge in [-0.15, -0.1) is 0 Å². The van der Waals surface area contributed by atoms with Crippen LogP contribution in [0.4, 0.5) is 11.8 Å². The van der Waals surface area contributed by atoms with E-state index < -0.39 is 0 Å². The minimum absolute atomic E-state index is 0.0898. The Morgan fingerprint density at radius 3 is 2.76 bits per heavy atom. The van der Waals surface area contributed by atoms with Gasteiger partial charge in [-0.1, -0.05) is 5.16 Å². The molecule has 0 aliphatic carbocycles. The van der Waals surface area contributed by atoms with Gasteiger partial charge in [-0.2, -0.15) is 0 Å². The Morgan fingerprint density at radius 2 is 2.10 bits per heavy atom. The Bertz CT molecular complexity index is 663. The first-order chi connectivity index (χ1) is 10.0. The molecule has 21 heavy (non-hydrogen) atoms. The van der Waals surface area contributed by atoms with Crippen LogP contribution in [0.25, 0.3) is 0 Å². The van der Waals surface area contributed by atoms with E-state index in [2.05, 4.69) is 25.8 Å². The molecule has 1 aliphatic heterocycles. The zero-order valence-corrected chi connectivity index (χ0v) is 12.2. The van der Waals surface area contributed by atoms with Crippen molar-refractivity contribution in [1.82, 2.24) is 15.1 Å². The maximum absolute atomic E-state index is 11.8. The van der Waals surface area contributed by atoms with Crippen LogP contribution < -0.4 is 10.6 Å². The highest BCUT2D eigenvalue weighted by Gasteiger charge is 2.32. The summed E-state index contributed by atoms with van der Waals surface area (Å²) in [4.78, 5) is 20.4. The second-order valence-corrected chi connectivity index (χ2v) is 5.45. The molecule has 1 amide bonds. The fraction of sp³-hybridized carbons (Fsp3) is 0.429. The summed E-state index contributed by atoms with van der Waals surface area (Å²) in [6.45, 7) is 5.91. The summed E-state index contributed by atoms with van der Waals surface area (Å²) < 4.78 is 5.15. The van der Waals surface area contributed by atoms with Crippen LogP contribution in [-0.2, 0) is 4.79 Å². The van der Waals surface area contributed by atoms with E-state index in [0.29, 0.717) is 18.3 Å². The topological polar surface area (TPSA) is 92.9 Å². The Hall–Kier alpha value is -2.44. The van der Waals surface area contributed by atoms with Crippen LogP contribution in [0.3, 0.4) is 0 Å². The SMILES string of the molecule is Cc1noc2c1C(c1cnc(NC(C)C)nc1)CC(=O)N2. The number of carbonyl (C=O) groups excluding carboxylic acids is 1. The minimum Gasteiger partial charge on any atom is -0.352 e. The highest BCUT2D eigenvalue weighted by atomic mass is 16.5. The van der Waals surface area contributed by atoms with E-state index in [0.717, 1.165) is 16.8 Å². The van der Waals surface area contributed by atoms with E-state index >= 15 is 0 Å². The average Bonchev–Trinajstić information content (AvgIpc) is 2.79. The molecule has 2 N–H and O–H groups in total. The van der Waals surface area contributed by atoms with Crippen LogP contribution in [0.1, 0.15) is 43.0 Å². The lowest BCUT2D eigenvalue weighted by Gasteiger charge is -2.21. The van der Waals surface area contributed by atoms with Crippen LogP contribution >= 0.6 is 0 Å². The number of aryl methyl sites for hydroxylation is 1. The van der Waals surface area contributed by atoms with Gasteiger partial charge in [-0.3, -0.25) is 10.1 Å². The number of hydrogen-bond acceptors (Lipinski definition) is 6. The van der Waals surface area contributed by atoms with Crippen molar-refractivity contribution in [3.8, 4) is 0 Å². The lowest BCUT2D eigenvalue weighted by atomic mass is 9.87. The number of fused-ring (bicyclic) bond motifs is 1. The summed E-state index contributed by atoms with van der Waals surface area (Å²) in [6, 6.07) is 0.267. The molecule has 0 saturated heterocycles. The fourth-order valence-corrected chi connectivity index (χ4v) is 2.48. The molecule has 0 saturated carbocycles. The summed E-state index contributed by atoms with van der Waals surface area (Å²) >= 11 is 0. The van der Waals surface area contributed by atoms with Gasteiger partial charge in [-0.25, -0.2) is 9.97 Å². The largest absolute Gasteiger partial charge is 0.352 e. The van der Waals surface area contributed by atoms with E-state index in [1.165, 1.54) is 0 Å². The second-order valence-electron chi connectivity index (χ2n) is 5.45. The molecule has 3 heterocycles. The van der Waals surface area contributed by atoms with E-state index in [1.807, 2.05) is 20.8 Å². The molecule has 110 valence electrons. The lowest BCUT2D eigenvalue weighted by molar-refractivity contribution is -0.116. The number of nitrogens with zero attached hydrogens (tertiary/aromatic N) is 3. The van der Waals surface area contributed by atoms with Gasteiger partial charge in [0, 0.05) is 36.3 Å². The molecule has 0 bridgehead atoms. The minimum atomic E-state index is -0.118. The number of hydrogen-bond donors (Lipinski definition) is 2. The van der Waals surface area contributed by atoms with Gasteiger partial charge in [0.05, 0.1) is 5.69 Å². The van der Waals surface area contributed by atoms with Crippen molar-refractivity contribution >= 4 is 17.7 Å². The Labute approximate surface area is 122 Å². The number of nitrogens with one attached hydrogen (secondary N) is 2. The van der Waals surface area contributed by atoms with Gasteiger partial charge < -0.3 is 9.84 Å². The van der Waals surface area contributed by atoms with E-state index in [1.54, 1.807) is 12.4 Å². The zero-order chi connectivity index (χ0) is 15.0. The molecule has 0 spiro atoms. The van der Waals surface area contributed by atoms with Gasteiger partial charge >= 0.3 is 0 Å². The first-order valence-corrected chi connectivity index (χ1v) is 6.89. The third kappa shape index (κ3) is 2.58. The van der Waals surface area contributed by atoms with Crippen molar-refractivity contribution in [2.24, 2.45) is 0 Å². The monoisotopic (exact) mass is 287 g/mol. The molecule has 2 aromatic heterocycles. The standard InChI is InChI=1S/C14H17N5O2/c1-7(2)17-14-15-5-9(6-16-14)10-4-11(20)18-13-12(10)8(3)19-21-13/h5-7,10H,4H2,1-3H3,(H,18,20)(H,15,16,17). The molecular weight excluding hydrogens is 270 g/mol. The molecule has 0 aromatic carbocycles. The summed E-state index contributed by atoms with van der Waals surface area (Å²) in [5, 5.41) is 9.76. The molecule has 1 aliphatic rings. The van der Waals surface area contributed by atoms with Gasteiger partial charge in [0.1, 0.15) is 0 Å². The number of carbonyl (C=O) groups is 1. The van der Waals surface area contributed by atoms with E-state index in [9.17, 15) is 4.79 Å². The van der Waals surface area contributed by atoms with E-state index in [-0.39, 0.29) is 17.9 Å². The van der Waals surface area contributed by atoms with Crippen LogP contribution in [0, 0.1) is 6.92 Å². The Kier molecular flexibility index (Phi) is 3.32. The molecule has 0 fully saturated rings. The van der Waals surface area contributed by atoms with Gasteiger partial charge in [0.2, 0.25) is 17.7 Å². The van der Waals surface area contributed by atoms with Crippen molar-refractivity contribution in [2.45, 2.75) is 39.2 Å². The number of amides is 1. The highest BCUT2D eigenvalue weighted by Crippen LogP contribution is 2.38. The van der Waals surface area contributed by atoms with Gasteiger partial charge in [0.15, 0.2) is 0 Å². The zero-order valence-electron chi connectivity index (χ0n) is 12.2. The second kappa shape index (κ2) is 5.16. The molecule has 0 radical (unpaired) electrons. The molecule has 2 aromatic rings. The smallest absolute Gasteiger partial charge is 0.235 e. The Balaban J connectivity index is 1.93. The van der Waals surface area contributed by atoms with Crippen molar-refractivity contribution in [2.75, 3.05) is 10.6 Å². The molecule has 1 atom stereocenters. The van der Waals surface area contributed by atoms with Crippen molar-refractivity contribution < 1.29 is 9.32 Å². The van der Waals surface area contributed by atoms with Crippen LogP contribution in [0.2, 0.25) is 0 Å². The van der Waals surface area contributed by atoms with Crippen LogP contribution in [0.15, 0.2) is 16.9 Å². The predicted molar refractivity (Wildman–Crippen MR) is 77.1 cm³/mol. The third-order valence-corrected chi connectivity index (χ3v) is 3.39. The number of aromatic nitrogens is 3. The maximum Gasteiger partial charge on any atom is 0.235 e. The van der Waals surface area contributed by atoms with Crippen molar-refractivity contribution in [3.05, 3.63) is 29.2 Å². The number of anilines is 2. The fourth-order valence-electron chi connectivity index (χ4n) is 2.48. The lowest BCUT2D eigenvalue weighted by Crippen LogP contribution is -2.23. The van der Waals surface area contributed by atoms with Gasteiger partial charge in [-0.05, 0) is 26.3 Å². The number of rotatable bonds is 3. The van der Waals surface area contributed by atoms with Crippen molar-refractivity contribution in [1.29, 1.82) is 0 Å². The normalized spacial score (nSPS) is 17.5. The van der Waals surface area contributed by atoms with Crippen LogP contribution in [-0.4, -0.2) is 27.1 Å². The first-order valence-electron chi connectivity index (χ1n) is 6.89. The summed E-state index contributed by atoms with van der Waals surface area (Å²) in [5.41, 5.74) is 2.56. The highest BCUT2D eigenvalue weighted by molar-refractivity contribution is 5.93. The summed E-state index contributed by atoms with van der Waals surface area (Å²) in [5.74, 6) is 0.801. The predicted octanol–water partition coefficient (Wildman–Crippen LogP) is 2.07. The van der Waals surface area contributed by atoms with Crippen molar-refractivity contribution in [3.63, 3.8) is 0 Å². The maximum atomic E-state index is 11.8. The van der Waals surface area contributed by atoms with E-state index in [4.69, 9.17) is 4.52 Å².